The third-order valence-electron chi connectivity index (χ3n) is 6.28. The first-order valence-electron chi connectivity index (χ1n) is 10.5. The molecule has 5 nitrogen and oxygen atoms in total. The van der Waals surface area contributed by atoms with E-state index in [1.807, 2.05) is 30.0 Å². The first-order chi connectivity index (χ1) is 14.0. The number of amides is 1. The van der Waals surface area contributed by atoms with Gasteiger partial charge < -0.3 is 15.5 Å². The zero-order valence-electron chi connectivity index (χ0n) is 17.7. The average Bonchev–Trinajstić information content (AvgIpc) is 2.72. The second-order valence-corrected chi connectivity index (χ2v) is 8.23. The van der Waals surface area contributed by atoms with Gasteiger partial charge in [-0.25, -0.2) is 4.98 Å². The van der Waals surface area contributed by atoms with Crippen LogP contribution < -0.4 is 15.5 Å². The smallest absolute Gasteiger partial charge is 0.224 e. The molecule has 3 heterocycles. The number of aryl methyl sites for hydroxylation is 1. The fourth-order valence-corrected chi connectivity index (χ4v) is 4.57. The van der Waals surface area contributed by atoms with Crippen LogP contribution in [-0.2, 0) is 4.79 Å². The summed E-state index contributed by atoms with van der Waals surface area (Å²) < 4.78 is 0. The monoisotopic (exact) mass is 390 g/mol. The van der Waals surface area contributed by atoms with Gasteiger partial charge in [0.2, 0.25) is 5.91 Å². The maximum atomic E-state index is 12.5. The van der Waals surface area contributed by atoms with E-state index in [9.17, 15) is 4.79 Å². The largest absolute Gasteiger partial charge is 0.363 e. The van der Waals surface area contributed by atoms with Crippen molar-refractivity contribution in [2.75, 3.05) is 23.3 Å². The van der Waals surface area contributed by atoms with Crippen LogP contribution in [0.1, 0.15) is 50.1 Å². The van der Waals surface area contributed by atoms with Gasteiger partial charge in [0, 0.05) is 36.8 Å². The highest BCUT2D eigenvalue weighted by atomic mass is 16.2. The summed E-state index contributed by atoms with van der Waals surface area (Å²) in [6, 6.07) is 12.8. The molecular formula is C24H30N4O. The second kappa shape index (κ2) is 7.99. The van der Waals surface area contributed by atoms with E-state index in [4.69, 9.17) is 0 Å². The Kier molecular flexibility index (Phi) is 5.41. The summed E-state index contributed by atoms with van der Waals surface area (Å²) in [5, 5.41) is 7.05. The van der Waals surface area contributed by atoms with Gasteiger partial charge in [0.1, 0.15) is 5.82 Å². The molecule has 152 valence electrons. The zero-order valence-corrected chi connectivity index (χ0v) is 17.7. The fourth-order valence-electron chi connectivity index (χ4n) is 4.57. The molecule has 1 aromatic heterocycles. The lowest BCUT2D eigenvalue weighted by atomic mass is 9.81. The lowest BCUT2D eigenvalue weighted by Crippen LogP contribution is -2.48. The molecule has 1 aromatic carbocycles. The number of hydrogen-bond acceptors (Lipinski definition) is 4. The van der Waals surface area contributed by atoms with Crippen LogP contribution in [0.15, 0.2) is 42.5 Å². The number of nitrogens with zero attached hydrogens (tertiary/aromatic N) is 2. The quantitative estimate of drug-likeness (QED) is 0.820. The molecule has 0 aliphatic carbocycles. The predicted octanol–water partition coefficient (Wildman–Crippen LogP) is 4.31. The minimum absolute atomic E-state index is 0.0894. The third kappa shape index (κ3) is 3.79. The van der Waals surface area contributed by atoms with Crippen LogP contribution in [0.3, 0.4) is 0 Å². The Hall–Kier alpha value is -2.66. The van der Waals surface area contributed by atoms with E-state index in [0.29, 0.717) is 0 Å². The number of fused-ring (bicyclic) bond motifs is 1. The normalized spacial score (nSPS) is 23.9. The molecule has 0 spiro atoms. The van der Waals surface area contributed by atoms with Crippen LogP contribution in [0.25, 0.3) is 5.57 Å². The Bertz CT molecular complexity index is 952. The second-order valence-electron chi connectivity index (χ2n) is 8.23. The van der Waals surface area contributed by atoms with Gasteiger partial charge in [-0.05, 0) is 67.8 Å². The van der Waals surface area contributed by atoms with Crippen molar-refractivity contribution in [1.82, 2.24) is 10.3 Å². The number of carbonyl (C=O) groups excluding carboxylic acids is 1. The van der Waals surface area contributed by atoms with E-state index in [-0.39, 0.29) is 23.9 Å². The summed E-state index contributed by atoms with van der Waals surface area (Å²) in [4.78, 5) is 19.1. The van der Waals surface area contributed by atoms with Crippen molar-refractivity contribution in [2.45, 2.75) is 46.2 Å². The maximum absolute atomic E-state index is 12.5. The van der Waals surface area contributed by atoms with Crippen molar-refractivity contribution in [2.24, 2.45) is 5.92 Å². The van der Waals surface area contributed by atoms with Crippen molar-refractivity contribution in [3.05, 3.63) is 59.3 Å². The minimum Gasteiger partial charge on any atom is -0.363 e. The summed E-state index contributed by atoms with van der Waals surface area (Å²) in [6.45, 7) is 9.93. The van der Waals surface area contributed by atoms with Gasteiger partial charge >= 0.3 is 0 Å². The molecule has 2 aromatic rings. The number of nitrogens with one attached hydrogen (secondary N) is 2. The van der Waals surface area contributed by atoms with Gasteiger partial charge in [0.25, 0.3) is 0 Å². The van der Waals surface area contributed by atoms with Crippen molar-refractivity contribution >= 4 is 23.0 Å². The molecule has 3 atom stereocenters. The molecule has 1 amide bonds. The Labute approximate surface area is 173 Å². The third-order valence-corrected chi connectivity index (χ3v) is 6.28. The van der Waals surface area contributed by atoms with Crippen LogP contribution in [-0.4, -0.2) is 30.0 Å². The highest BCUT2D eigenvalue weighted by Crippen LogP contribution is 2.43. The summed E-state index contributed by atoms with van der Waals surface area (Å²) in [5.74, 6) is 1.21. The molecule has 0 saturated heterocycles. The Balaban J connectivity index is 1.80. The van der Waals surface area contributed by atoms with Crippen molar-refractivity contribution in [3.63, 3.8) is 0 Å². The molecule has 0 radical (unpaired) electrons. The molecule has 4 rings (SSSR count). The highest BCUT2D eigenvalue weighted by Gasteiger charge is 2.38. The van der Waals surface area contributed by atoms with Crippen LogP contribution in [0, 0.1) is 12.8 Å². The summed E-state index contributed by atoms with van der Waals surface area (Å²) in [5.41, 5.74) is 5.79. The van der Waals surface area contributed by atoms with Gasteiger partial charge in [-0.3, -0.25) is 4.79 Å². The fraction of sp³-hybridized carbons (Fsp3) is 0.417. The lowest BCUT2D eigenvalue weighted by Gasteiger charge is -2.44. The Morgan fingerprint density at radius 3 is 2.76 bits per heavy atom. The number of hydrogen-bond donors (Lipinski definition) is 2. The van der Waals surface area contributed by atoms with E-state index < -0.39 is 0 Å². The highest BCUT2D eigenvalue weighted by molar-refractivity contribution is 5.94. The lowest BCUT2D eigenvalue weighted by molar-refractivity contribution is -0.117. The minimum atomic E-state index is 0.0894. The average molecular weight is 391 g/mol. The van der Waals surface area contributed by atoms with Crippen molar-refractivity contribution in [1.29, 1.82) is 0 Å². The molecule has 29 heavy (non-hydrogen) atoms. The van der Waals surface area contributed by atoms with Crippen LogP contribution in [0.2, 0.25) is 0 Å². The van der Waals surface area contributed by atoms with Gasteiger partial charge in [-0.2, -0.15) is 0 Å². The van der Waals surface area contributed by atoms with Gasteiger partial charge in [0.05, 0.1) is 6.04 Å². The van der Waals surface area contributed by atoms with E-state index in [1.165, 1.54) is 16.7 Å². The SMILES string of the molecule is CC(=O)N1c2ccc(C3=CCNCC3)cc2C(Nc2cccc(C)n2)C(C)[C@@H]1C. The van der Waals surface area contributed by atoms with Crippen molar-refractivity contribution in [3.8, 4) is 0 Å². The van der Waals surface area contributed by atoms with Gasteiger partial charge in [0.15, 0.2) is 0 Å². The molecule has 0 saturated carbocycles. The number of aromatic nitrogens is 1. The topological polar surface area (TPSA) is 57.3 Å². The zero-order chi connectivity index (χ0) is 20.5. The number of carbonyl (C=O) groups is 1. The molecule has 2 N–H and O–H groups in total. The molecule has 2 unspecified atom stereocenters. The predicted molar refractivity (Wildman–Crippen MR) is 119 cm³/mol. The van der Waals surface area contributed by atoms with Crippen molar-refractivity contribution < 1.29 is 4.79 Å². The Morgan fingerprint density at radius 1 is 1.24 bits per heavy atom. The number of pyridine rings is 1. The van der Waals surface area contributed by atoms with Crippen LogP contribution >= 0.6 is 0 Å². The molecule has 2 aliphatic rings. The first kappa shape index (κ1) is 19.6. The first-order valence-corrected chi connectivity index (χ1v) is 10.5. The number of anilines is 2. The molecule has 2 aliphatic heterocycles. The summed E-state index contributed by atoms with van der Waals surface area (Å²) in [6.07, 6.45) is 3.30. The molecule has 0 fully saturated rings. The number of benzene rings is 1. The standard InChI is InChI=1S/C24H30N4O/c1-15-6-5-7-23(26-15)27-24-16(2)17(3)28(18(4)29)22-9-8-20(14-21(22)24)19-10-12-25-13-11-19/h5-10,14,16-17,24-25H,11-13H2,1-4H3,(H,26,27)/t16?,17-,24?/m0/s1. The van der Waals surface area contributed by atoms with E-state index >= 15 is 0 Å². The molecule has 0 bridgehead atoms. The number of rotatable bonds is 3. The molecule has 5 heteroatoms. The Morgan fingerprint density at radius 2 is 2.07 bits per heavy atom. The van der Waals surface area contributed by atoms with Gasteiger partial charge in [-0.15, -0.1) is 0 Å². The van der Waals surface area contributed by atoms with Crippen LogP contribution in [0.5, 0.6) is 0 Å². The van der Waals surface area contributed by atoms with Crippen LogP contribution in [0.4, 0.5) is 11.5 Å². The van der Waals surface area contributed by atoms with E-state index in [1.54, 1.807) is 6.92 Å². The summed E-state index contributed by atoms with van der Waals surface area (Å²) >= 11 is 0. The molecular weight excluding hydrogens is 360 g/mol. The van der Waals surface area contributed by atoms with E-state index in [2.05, 4.69) is 53.7 Å². The van der Waals surface area contributed by atoms with Gasteiger partial charge in [-0.1, -0.05) is 25.1 Å². The summed E-state index contributed by atoms with van der Waals surface area (Å²) in [7, 11) is 0. The van der Waals surface area contributed by atoms with E-state index in [0.717, 1.165) is 36.7 Å². The maximum Gasteiger partial charge on any atom is 0.224 e.